The molecule has 4 heterocycles. The smallest absolute Gasteiger partial charge is 0.160 e. The largest absolute Gasteiger partial charge is 0.381 e. The molecule has 2 aliphatic rings. The van der Waals surface area contributed by atoms with Gasteiger partial charge < -0.3 is 14.0 Å². The molecule has 0 saturated carbocycles. The molecule has 106 valence electrons. The first-order valence-corrected chi connectivity index (χ1v) is 7.42. The number of pyridine rings is 1. The number of imidazole rings is 1. The molecule has 0 N–H and O–H groups in total. The summed E-state index contributed by atoms with van der Waals surface area (Å²) in [5, 5.41) is 0. The SMILES string of the molecule is c1cnc2c(c1)nc(C1CCOC1)n2C1CCOCC1. The van der Waals surface area contributed by atoms with Gasteiger partial charge in [-0.2, -0.15) is 0 Å². The third-order valence-corrected chi connectivity index (χ3v) is 4.33. The molecule has 2 aliphatic heterocycles. The van der Waals surface area contributed by atoms with Gasteiger partial charge in [0.15, 0.2) is 5.65 Å². The van der Waals surface area contributed by atoms with E-state index >= 15 is 0 Å². The summed E-state index contributed by atoms with van der Waals surface area (Å²) in [7, 11) is 0. The van der Waals surface area contributed by atoms with Gasteiger partial charge >= 0.3 is 0 Å². The van der Waals surface area contributed by atoms with Gasteiger partial charge in [0, 0.05) is 38.0 Å². The number of nitrogens with zero attached hydrogens (tertiary/aromatic N) is 3. The topological polar surface area (TPSA) is 49.2 Å². The molecule has 4 rings (SSSR count). The van der Waals surface area contributed by atoms with Crippen LogP contribution in [0.5, 0.6) is 0 Å². The molecule has 0 aromatic carbocycles. The normalized spacial score (nSPS) is 24.5. The van der Waals surface area contributed by atoms with Gasteiger partial charge in [0.1, 0.15) is 11.3 Å². The Hall–Kier alpha value is -1.46. The third-order valence-electron chi connectivity index (χ3n) is 4.33. The van der Waals surface area contributed by atoms with Crippen molar-refractivity contribution >= 4 is 11.2 Å². The van der Waals surface area contributed by atoms with Crippen LogP contribution in [0.15, 0.2) is 18.3 Å². The fraction of sp³-hybridized carbons (Fsp3) is 0.600. The van der Waals surface area contributed by atoms with Crippen LogP contribution in [0.3, 0.4) is 0 Å². The first kappa shape index (κ1) is 12.3. The molecule has 5 heteroatoms. The van der Waals surface area contributed by atoms with E-state index in [2.05, 4.69) is 15.6 Å². The highest BCUT2D eigenvalue weighted by Gasteiger charge is 2.28. The Morgan fingerprint density at radius 1 is 1.10 bits per heavy atom. The van der Waals surface area contributed by atoms with E-state index in [1.54, 1.807) is 0 Å². The molecule has 0 radical (unpaired) electrons. The summed E-state index contributed by atoms with van der Waals surface area (Å²) < 4.78 is 13.4. The zero-order valence-corrected chi connectivity index (χ0v) is 11.5. The van der Waals surface area contributed by atoms with Crippen molar-refractivity contribution in [2.24, 2.45) is 0 Å². The summed E-state index contributed by atoms with van der Waals surface area (Å²) in [6.07, 6.45) is 5.01. The Morgan fingerprint density at radius 2 is 1.95 bits per heavy atom. The first-order valence-electron chi connectivity index (χ1n) is 7.42. The Labute approximate surface area is 117 Å². The first-order chi connectivity index (χ1) is 9.93. The maximum atomic E-state index is 5.55. The lowest BCUT2D eigenvalue weighted by Gasteiger charge is -2.26. The van der Waals surface area contributed by atoms with Crippen LogP contribution in [-0.4, -0.2) is 41.0 Å². The zero-order valence-electron chi connectivity index (χ0n) is 11.5. The van der Waals surface area contributed by atoms with E-state index in [-0.39, 0.29) is 0 Å². The minimum absolute atomic E-state index is 0.409. The quantitative estimate of drug-likeness (QED) is 0.842. The van der Waals surface area contributed by atoms with Crippen LogP contribution >= 0.6 is 0 Å². The fourth-order valence-electron chi connectivity index (χ4n) is 3.28. The van der Waals surface area contributed by atoms with Gasteiger partial charge in [0.05, 0.1) is 6.61 Å². The van der Waals surface area contributed by atoms with Crippen LogP contribution in [0, 0.1) is 0 Å². The van der Waals surface area contributed by atoms with E-state index in [0.29, 0.717) is 12.0 Å². The number of ether oxygens (including phenoxy) is 2. The summed E-state index contributed by atoms with van der Waals surface area (Å²) >= 11 is 0. The van der Waals surface area contributed by atoms with Crippen molar-refractivity contribution in [3.8, 4) is 0 Å². The van der Waals surface area contributed by atoms with Crippen LogP contribution in [0.25, 0.3) is 11.2 Å². The molecule has 2 saturated heterocycles. The van der Waals surface area contributed by atoms with Crippen molar-refractivity contribution in [1.82, 2.24) is 14.5 Å². The van der Waals surface area contributed by atoms with E-state index in [9.17, 15) is 0 Å². The van der Waals surface area contributed by atoms with Gasteiger partial charge in [0.2, 0.25) is 0 Å². The summed E-state index contributed by atoms with van der Waals surface area (Å²) in [5.41, 5.74) is 2.02. The lowest BCUT2D eigenvalue weighted by Crippen LogP contribution is -2.22. The molecule has 2 fully saturated rings. The molecule has 0 bridgehead atoms. The summed E-state index contributed by atoms with van der Waals surface area (Å²) in [5.74, 6) is 1.56. The lowest BCUT2D eigenvalue weighted by molar-refractivity contribution is 0.0693. The number of rotatable bonds is 2. The zero-order chi connectivity index (χ0) is 13.4. The molecule has 0 amide bonds. The molecule has 0 aliphatic carbocycles. The Balaban J connectivity index is 1.83. The highest BCUT2D eigenvalue weighted by Crippen LogP contribution is 2.33. The third kappa shape index (κ3) is 2.01. The van der Waals surface area contributed by atoms with E-state index in [1.165, 1.54) is 0 Å². The highest BCUT2D eigenvalue weighted by atomic mass is 16.5. The molecule has 2 aromatic heterocycles. The van der Waals surface area contributed by atoms with E-state index in [1.807, 2.05) is 12.3 Å². The molecular weight excluding hydrogens is 254 g/mol. The van der Waals surface area contributed by atoms with E-state index < -0.39 is 0 Å². The monoisotopic (exact) mass is 273 g/mol. The summed E-state index contributed by atoms with van der Waals surface area (Å²) in [6, 6.07) is 4.47. The Kier molecular flexibility index (Phi) is 3.16. The number of hydrogen-bond donors (Lipinski definition) is 0. The maximum Gasteiger partial charge on any atom is 0.160 e. The van der Waals surface area contributed by atoms with Crippen molar-refractivity contribution in [2.45, 2.75) is 31.2 Å². The van der Waals surface area contributed by atoms with Crippen molar-refractivity contribution in [1.29, 1.82) is 0 Å². The standard InChI is InChI=1S/C15H19N3O2/c1-2-13-15(16-6-1)18(12-4-8-19-9-5-12)14(17-13)11-3-7-20-10-11/h1-2,6,11-12H,3-5,7-10H2. The molecule has 5 nitrogen and oxygen atoms in total. The number of hydrogen-bond acceptors (Lipinski definition) is 4. The Morgan fingerprint density at radius 3 is 2.75 bits per heavy atom. The fourth-order valence-corrected chi connectivity index (χ4v) is 3.28. The molecule has 0 spiro atoms. The van der Waals surface area contributed by atoms with Crippen LogP contribution in [0.1, 0.15) is 37.0 Å². The molecule has 1 unspecified atom stereocenters. The second-order valence-electron chi connectivity index (χ2n) is 5.59. The number of fused-ring (bicyclic) bond motifs is 1. The van der Waals surface area contributed by atoms with E-state index in [4.69, 9.17) is 14.5 Å². The van der Waals surface area contributed by atoms with Gasteiger partial charge in [0.25, 0.3) is 0 Å². The van der Waals surface area contributed by atoms with Crippen molar-refractivity contribution in [2.75, 3.05) is 26.4 Å². The highest BCUT2D eigenvalue weighted by molar-refractivity contribution is 5.71. The summed E-state index contributed by atoms with van der Waals surface area (Å²) in [6.45, 7) is 3.29. The van der Waals surface area contributed by atoms with Gasteiger partial charge in [-0.25, -0.2) is 9.97 Å². The average molecular weight is 273 g/mol. The van der Waals surface area contributed by atoms with Crippen LogP contribution < -0.4 is 0 Å². The molecule has 2 aromatic rings. The Bertz CT molecular complexity index is 598. The second kappa shape index (κ2) is 5.14. The maximum absolute atomic E-state index is 5.55. The van der Waals surface area contributed by atoms with Crippen molar-refractivity contribution < 1.29 is 9.47 Å². The van der Waals surface area contributed by atoms with Crippen LogP contribution in [0.4, 0.5) is 0 Å². The van der Waals surface area contributed by atoms with Crippen LogP contribution in [-0.2, 0) is 9.47 Å². The molecular formula is C15H19N3O2. The van der Waals surface area contributed by atoms with Gasteiger partial charge in [-0.1, -0.05) is 0 Å². The van der Waals surface area contributed by atoms with Crippen molar-refractivity contribution in [3.63, 3.8) is 0 Å². The lowest BCUT2D eigenvalue weighted by atomic mass is 10.1. The van der Waals surface area contributed by atoms with E-state index in [0.717, 1.165) is 62.7 Å². The molecule has 1 atom stereocenters. The number of aromatic nitrogens is 3. The molecule has 20 heavy (non-hydrogen) atoms. The van der Waals surface area contributed by atoms with Crippen LogP contribution in [0.2, 0.25) is 0 Å². The minimum atomic E-state index is 0.409. The predicted octanol–water partition coefficient (Wildman–Crippen LogP) is 2.29. The van der Waals surface area contributed by atoms with Crippen molar-refractivity contribution in [3.05, 3.63) is 24.2 Å². The van der Waals surface area contributed by atoms with Gasteiger partial charge in [-0.3, -0.25) is 0 Å². The summed E-state index contributed by atoms with van der Waals surface area (Å²) in [4.78, 5) is 9.42. The van der Waals surface area contributed by atoms with Gasteiger partial charge in [-0.05, 0) is 31.4 Å². The predicted molar refractivity (Wildman–Crippen MR) is 74.8 cm³/mol. The second-order valence-corrected chi connectivity index (χ2v) is 5.59. The average Bonchev–Trinajstić information content (AvgIpc) is 3.15. The van der Waals surface area contributed by atoms with Gasteiger partial charge in [-0.15, -0.1) is 0 Å². The minimum Gasteiger partial charge on any atom is -0.381 e.